The highest BCUT2D eigenvalue weighted by atomic mass is 16.6. The highest BCUT2D eigenvalue weighted by Crippen LogP contribution is 2.52. The SMILES string of the molecule is CCOC(=O)[C@H]1[C@@H]2CCN(C(=O)OCc3ccccc3)C[C@@H]21. The van der Waals surface area contributed by atoms with E-state index in [-0.39, 0.29) is 30.5 Å². The van der Waals surface area contributed by atoms with Gasteiger partial charge in [-0.15, -0.1) is 0 Å². The Morgan fingerprint density at radius 3 is 2.68 bits per heavy atom. The molecule has 1 aliphatic heterocycles. The molecule has 0 aromatic heterocycles. The van der Waals surface area contributed by atoms with Gasteiger partial charge in [0.05, 0.1) is 12.5 Å². The lowest BCUT2D eigenvalue weighted by atomic mass is 10.1. The molecule has 1 saturated carbocycles. The van der Waals surface area contributed by atoms with Crippen LogP contribution in [0.3, 0.4) is 0 Å². The number of benzene rings is 1. The van der Waals surface area contributed by atoms with Crippen LogP contribution in [0.25, 0.3) is 0 Å². The first-order chi connectivity index (χ1) is 10.7. The predicted octanol–water partition coefficient (Wildman–Crippen LogP) is 2.45. The van der Waals surface area contributed by atoms with Crippen molar-refractivity contribution < 1.29 is 19.1 Å². The average molecular weight is 303 g/mol. The third-order valence-electron chi connectivity index (χ3n) is 4.52. The number of amides is 1. The summed E-state index contributed by atoms with van der Waals surface area (Å²) >= 11 is 0. The second kappa shape index (κ2) is 6.38. The molecule has 3 atom stereocenters. The fourth-order valence-corrected chi connectivity index (χ4v) is 3.30. The number of nitrogens with zero attached hydrogens (tertiary/aromatic N) is 1. The molecule has 1 amide bonds. The molecule has 1 saturated heterocycles. The Hall–Kier alpha value is -2.04. The molecule has 5 heteroatoms. The fourth-order valence-electron chi connectivity index (χ4n) is 3.30. The first-order valence-corrected chi connectivity index (χ1v) is 7.83. The van der Waals surface area contributed by atoms with Gasteiger partial charge in [0.25, 0.3) is 0 Å². The molecule has 0 unspecified atom stereocenters. The van der Waals surface area contributed by atoms with Crippen LogP contribution in [0.5, 0.6) is 0 Å². The first-order valence-electron chi connectivity index (χ1n) is 7.83. The maximum absolute atomic E-state index is 12.1. The minimum Gasteiger partial charge on any atom is -0.466 e. The van der Waals surface area contributed by atoms with Crippen molar-refractivity contribution in [3.63, 3.8) is 0 Å². The van der Waals surface area contributed by atoms with E-state index >= 15 is 0 Å². The van der Waals surface area contributed by atoms with E-state index in [1.165, 1.54) is 0 Å². The van der Waals surface area contributed by atoms with Crippen LogP contribution < -0.4 is 0 Å². The lowest BCUT2D eigenvalue weighted by Crippen LogP contribution is -2.37. The van der Waals surface area contributed by atoms with Gasteiger partial charge in [-0.05, 0) is 30.7 Å². The van der Waals surface area contributed by atoms with Crippen LogP contribution in [0, 0.1) is 17.8 Å². The summed E-state index contributed by atoms with van der Waals surface area (Å²) in [7, 11) is 0. The summed E-state index contributed by atoms with van der Waals surface area (Å²) in [5.74, 6) is 0.498. The minimum absolute atomic E-state index is 0.0214. The van der Waals surface area contributed by atoms with Crippen molar-refractivity contribution in [3.8, 4) is 0 Å². The predicted molar refractivity (Wildman–Crippen MR) is 79.9 cm³/mol. The Labute approximate surface area is 130 Å². The van der Waals surface area contributed by atoms with Crippen LogP contribution in [0.1, 0.15) is 18.9 Å². The zero-order chi connectivity index (χ0) is 15.5. The Kier molecular flexibility index (Phi) is 4.32. The van der Waals surface area contributed by atoms with Crippen molar-refractivity contribution in [3.05, 3.63) is 35.9 Å². The highest BCUT2D eigenvalue weighted by Gasteiger charge is 2.58. The van der Waals surface area contributed by atoms with E-state index < -0.39 is 0 Å². The van der Waals surface area contributed by atoms with Gasteiger partial charge in [-0.1, -0.05) is 30.3 Å². The second-order valence-corrected chi connectivity index (χ2v) is 5.88. The molecule has 118 valence electrons. The molecule has 1 aromatic carbocycles. The monoisotopic (exact) mass is 303 g/mol. The van der Waals surface area contributed by atoms with Crippen LogP contribution in [-0.4, -0.2) is 36.7 Å². The van der Waals surface area contributed by atoms with Gasteiger partial charge < -0.3 is 14.4 Å². The molecule has 0 N–H and O–H groups in total. The van der Waals surface area contributed by atoms with E-state index in [0.717, 1.165) is 12.0 Å². The van der Waals surface area contributed by atoms with Crippen LogP contribution in [-0.2, 0) is 20.9 Å². The van der Waals surface area contributed by atoms with E-state index in [1.54, 1.807) is 4.90 Å². The van der Waals surface area contributed by atoms with Crippen molar-refractivity contribution in [2.24, 2.45) is 17.8 Å². The van der Waals surface area contributed by atoms with Crippen molar-refractivity contribution in [2.75, 3.05) is 19.7 Å². The molecule has 3 rings (SSSR count). The molecule has 1 heterocycles. The number of hydrogen-bond acceptors (Lipinski definition) is 4. The van der Waals surface area contributed by atoms with Gasteiger partial charge in [-0.3, -0.25) is 4.79 Å². The Balaban J connectivity index is 1.48. The number of carbonyl (C=O) groups is 2. The number of rotatable bonds is 4. The zero-order valence-corrected chi connectivity index (χ0v) is 12.7. The maximum atomic E-state index is 12.1. The third-order valence-corrected chi connectivity index (χ3v) is 4.52. The normalized spacial score (nSPS) is 26.0. The smallest absolute Gasteiger partial charge is 0.410 e. The zero-order valence-electron chi connectivity index (χ0n) is 12.7. The number of fused-ring (bicyclic) bond motifs is 1. The number of esters is 1. The molecule has 2 aliphatic rings. The summed E-state index contributed by atoms with van der Waals surface area (Å²) in [5, 5.41) is 0. The summed E-state index contributed by atoms with van der Waals surface area (Å²) in [6.07, 6.45) is 0.561. The molecule has 1 aromatic rings. The maximum Gasteiger partial charge on any atom is 0.410 e. The van der Waals surface area contributed by atoms with Gasteiger partial charge in [0.15, 0.2) is 0 Å². The van der Waals surface area contributed by atoms with Crippen LogP contribution in [0.15, 0.2) is 30.3 Å². The first kappa shape index (κ1) is 14.9. The number of likely N-dealkylation sites (tertiary alicyclic amines) is 1. The number of carbonyl (C=O) groups excluding carboxylic acids is 2. The molecular formula is C17H21NO4. The summed E-state index contributed by atoms with van der Waals surface area (Å²) in [4.78, 5) is 25.6. The van der Waals surface area contributed by atoms with Crippen LogP contribution in [0.2, 0.25) is 0 Å². The number of piperidine rings is 1. The molecule has 0 radical (unpaired) electrons. The Morgan fingerprint density at radius 2 is 1.95 bits per heavy atom. The van der Waals surface area contributed by atoms with Gasteiger partial charge in [-0.25, -0.2) is 4.79 Å². The Bertz CT molecular complexity index is 545. The van der Waals surface area contributed by atoms with E-state index in [1.807, 2.05) is 37.3 Å². The van der Waals surface area contributed by atoms with Gasteiger partial charge in [0, 0.05) is 13.1 Å². The second-order valence-electron chi connectivity index (χ2n) is 5.88. The topological polar surface area (TPSA) is 55.8 Å². The summed E-state index contributed by atoms with van der Waals surface area (Å²) in [6, 6.07) is 9.62. The van der Waals surface area contributed by atoms with Crippen LogP contribution in [0.4, 0.5) is 4.79 Å². The molecule has 5 nitrogen and oxygen atoms in total. The van der Waals surface area contributed by atoms with Gasteiger partial charge in [0.1, 0.15) is 6.61 Å². The molecule has 1 aliphatic carbocycles. The molecule has 0 bridgehead atoms. The number of ether oxygens (including phenoxy) is 2. The van der Waals surface area contributed by atoms with Crippen LogP contribution >= 0.6 is 0 Å². The summed E-state index contributed by atoms with van der Waals surface area (Å²) in [6.45, 7) is 3.77. The molecule has 0 spiro atoms. The van der Waals surface area contributed by atoms with Gasteiger partial charge in [0.2, 0.25) is 0 Å². The Morgan fingerprint density at radius 1 is 1.18 bits per heavy atom. The van der Waals surface area contributed by atoms with E-state index in [2.05, 4.69) is 0 Å². The molecule has 22 heavy (non-hydrogen) atoms. The fraction of sp³-hybridized carbons (Fsp3) is 0.529. The quantitative estimate of drug-likeness (QED) is 0.802. The van der Waals surface area contributed by atoms with Crippen molar-refractivity contribution >= 4 is 12.1 Å². The van der Waals surface area contributed by atoms with Crippen molar-refractivity contribution in [1.29, 1.82) is 0 Å². The lowest BCUT2D eigenvalue weighted by Gasteiger charge is -2.25. The van der Waals surface area contributed by atoms with E-state index in [4.69, 9.17) is 9.47 Å². The molecular weight excluding hydrogens is 282 g/mol. The van der Waals surface area contributed by atoms with Crippen molar-refractivity contribution in [1.82, 2.24) is 4.90 Å². The minimum atomic E-state index is -0.295. The molecule has 2 fully saturated rings. The third kappa shape index (κ3) is 3.08. The summed E-state index contributed by atoms with van der Waals surface area (Å²) in [5.41, 5.74) is 0.974. The van der Waals surface area contributed by atoms with Gasteiger partial charge >= 0.3 is 12.1 Å². The van der Waals surface area contributed by atoms with E-state index in [9.17, 15) is 9.59 Å². The highest BCUT2D eigenvalue weighted by molar-refractivity contribution is 5.77. The van der Waals surface area contributed by atoms with Crippen molar-refractivity contribution in [2.45, 2.75) is 20.0 Å². The largest absolute Gasteiger partial charge is 0.466 e. The number of hydrogen-bond donors (Lipinski definition) is 0. The average Bonchev–Trinajstić information content (AvgIpc) is 3.27. The lowest BCUT2D eigenvalue weighted by molar-refractivity contribution is -0.145. The van der Waals surface area contributed by atoms with E-state index in [0.29, 0.717) is 25.6 Å². The van der Waals surface area contributed by atoms with Gasteiger partial charge in [-0.2, -0.15) is 0 Å². The summed E-state index contributed by atoms with van der Waals surface area (Å²) < 4.78 is 10.4. The standard InChI is InChI=1S/C17H21NO4/c1-2-21-16(19)15-13-8-9-18(10-14(13)15)17(20)22-11-12-6-4-3-5-7-12/h3-7,13-15H,2,8-11H2,1H3/t13-,14+,15+/m1/s1.